The number of ether oxygens (including phenoxy) is 2. The lowest BCUT2D eigenvalue weighted by atomic mass is 9.90. The Morgan fingerprint density at radius 2 is 1.31 bits per heavy atom. The number of benzene rings is 2. The molecule has 0 radical (unpaired) electrons. The van der Waals surface area contributed by atoms with E-state index in [1.165, 1.54) is 0 Å². The second-order valence-electron chi connectivity index (χ2n) is 5.78. The first-order chi connectivity index (χ1) is 12.6. The number of nitriles is 1. The predicted octanol–water partition coefficient (Wildman–Crippen LogP) is 4.20. The number of nitrogen functional groups attached to an aromatic ring is 1. The lowest BCUT2D eigenvalue weighted by Crippen LogP contribution is -2.03. The molecule has 0 bridgehead atoms. The van der Waals surface area contributed by atoms with Gasteiger partial charge in [-0.3, -0.25) is 0 Å². The Morgan fingerprint density at radius 3 is 1.73 bits per heavy atom. The van der Waals surface area contributed by atoms with Crippen LogP contribution in [-0.2, 0) is 0 Å². The monoisotopic (exact) mass is 345 g/mol. The van der Waals surface area contributed by atoms with Crippen LogP contribution in [-0.4, -0.2) is 19.2 Å². The number of rotatable bonds is 4. The van der Waals surface area contributed by atoms with E-state index in [2.05, 4.69) is 11.1 Å². The Balaban J connectivity index is 2.30. The second kappa shape index (κ2) is 7.16. The minimum atomic E-state index is 0.230. The molecule has 0 fully saturated rings. The standard InChI is InChI=1S/C21H19N3O2/c1-13-19(14-4-8-16(25-2)9-5-14)20(18(12-22)21(23)24-13)15-6-10-17(26-3)11-7-15/h4-11H,1-3H3,(H2,23,24). The van der Waals surface area contributed by atoms with Crippen LogP contribution in [0.15, 0.2) is 48.5 Å². The van der Waals surface area contributed by atoms with E-state index >= 15 is 0 Å². The van der Waals surface area contributed by atoms with Crippen molar-refractivity contribution in [3.8, 4) is 39.8 Å². The zero-order chi connectivity index (χ0) is 18.7. The summed E-state index contributed by atoms with van der Waals surface area (Å²) in [6.45, 7) is 1.89. The van der Waals surface area contributed by atoms with Gasteiger partial charge in [0.15, 0.2) is 0 Å². The average Bonchev–Trinajstić information content (AvgIpc) is 2.68. The fraction of sp³-hybridized carbons (Fsp3) is 0.143. The van der Waals surface area contributed by atoms with Gasteiger partial charge in [0.1, 0.15) is 28.9 Å². The van der Waals surface area contributed by atoms with E-state index in [4.69, 9.17) is 15.2 Å². The first-order valence-corrected chi connectivity index (χ1v) is 8.08. The molecule has 0 aliphatic rings. The highest BCUT2D eigenvalue weighted by Crippen LogP contribution is 2.39. The maximum Gasteiger partial charge on any atom is 0.142 e. The Morgan fingerprint density at radius 1 is 0.846 bits per heavy atom. The van der Waals surface area contributed by atoms with Crippen molar-refractivity contribution in [1.82, 2.24) is 4.98 Å². The maximum atomic E-state index is 9.69. The van der Waals surface area contributed by atoms with Gasteiger partial charge in [0.25, 0.3) is 0 Å². The van der Waals surface area contributed by atoms with Crippen LogP contribution < -0.4 is 15.2 Å². The largest absolute Gasteiger partial charge is 0.497 e. The van der Waals surface area contributed by atoms with Crippen LogP contribution >= 0.6 is 0 Å². The molecule has 0 atom stereocenters. The summed E-state index contributed by atoms with van der Waals surface area (Å²) in [6, 6.07) is 17.4. The highest BCUT2D eigenvalue weighted by atomic mass is 16.5. The number of nitrogens with zero attached hydrogens (tertiary/aromatic N) is 2. The van der Waals surface area contributed by atoms with E-state index in [0.717, 1.165) is 39.4 Å². The van der Waals surface area contributed by atoms with Crippen LogP contribution in [0.4, 0.5) is 5.82 Å². The van der Waals surface area contributed by atoms with E-state index in [1.54, 1.807) is 14.2 Å². The normalized spacial score (nSPS) is 10.2. The second-order valence-corrected chi connectivity index (χ2v) is 5.78. The first kappa shape index (κ1) is 17.3. The molecule has 2 aromatic carbocycles. The lowest BCUT2D eigenvalue weighted by molar-refractivity contribution is 0.414. The number of pyridine rings is 1. The van der Waals surface area contributed by atoms with E-state index < -0.39 is 0 Å². The van der Waals surface area contributed by atoms with Gasteiger partial charge in [-0.15, -0.1) is 0 Å². The summed E-state index contributed by atoms with van der Waals surface area (Å²) in [5.74, 6) is 1.74. The molecule has 0 aliphatic heterocycles. The zero-order valence-electron chi connectivity index (χ0n) is 14.9. The summed E-state index contributed by atoms with van der Waals surface area (Å²) in [7, 11) is 3.24. The molecule has 26 heavy (non-hydrogen) atoms. The van der Waals surface area contributed by atoms with Gasteiger partial charge in [-0.2, -0.15) is 5.26 Å². The van der Waals surface area contributed by atoms with Gasteiger partial charge in [-0.05, 0) is 42.3 Å². The maximum absolute atomic E-state index is 9.69. The Hall–Kier alpha value is -3.52. The molecule has 0 saturated heterocycles. The smallest absolute Gasteiger partial charge is 0.142 e. The quantitative estimate of drug-likeness (QED) is 0.766. The molecule has 0 saturated carbocycles. The topological polar surface area (TPSA) is 81.2 Å². The van der Waals surface area contributed by atoms with Crippen molar-refractivity contribution in [3.05, 3.63) is 59.8 Å². The number of hydrogen-bond donors (Lipinski definition) is 1. The SMILES string of the molecule is COc1ccc(-c2c(C)nc(N)c(C#N)c2-c2ccc(OC)cc2)cc1. The van der Waals surface area contributed by atoms with E-state index in [-0.39, 0.29) is 5.82 Å². The number of aromatic nitrogens is 1. The molecule has 0 spiro atoms. The van der Waals surface area contributed by atoms with Gasteiger partial charge in [0, 0.05) is 16.8 Å². The first-order valence-electron chi connectivity index (χ1n) is 8.08. The molecule has 0 unspecified atom stereocenters. The third-order valence-corrected chi connectivity index (χ3v) is 4.28. The van der Waals surface area contributed by atoms with Crippen molar-refractivity contribution in [2.75, 3.05) is 20.0 Å². The molecule has 0 amide bonds. The Labute approximate surface area is 152 Å². The molecule has 3 aromatic rings. The van der Waals surface area contributed by atoms with Gasteiger partial charge < -0.3 is 15.2 Å². The summed E-state index contributed by atoms with van der Waals surface area (Å²) in [6.07, 6.45) is 0. The van der Waals surface area contributed by atoms with Crippen molar-refractivity contribution in [2.45, 2.75) is 6.92 Å². The summed E-state index contributed by atoms with van der Waals surface area (Å²) in [5, 5.41) is 9.69. The highest BCUT2D eigenvalue weighted by Gasteiger charge is 2.19. The van der Waals surface area contributed by atoms with Crippen molar-refractivity contribution in [1.29, 1.82) is 5.26 Å². The third kappa shape index (κ3) is 3.05. The molecule has 5 nitrogen and oxygen atoms in total. The number of anilines is 1. The van der Waals surface area contributed by atoms with Gasteiger partial charge >= 0.3 is 0 Å². The van der Waals surface area contributed by atoms with Crippen molar-refractivity contribution in [2.24, 2.45) is 0 Å². The molecule has 1 heterocycles. The molecule has 130 valence electrons. The predicted molar refractivity (Wildman–Crippen MR) is 102 cm³/mol. The van der Waals surface area contributed by atoms with E-state index in [0.29, 0.717) is 5.56 Å². The molecular weight excluding hydrogens is 326 g/mol. The molecule has 2 N–H and O–H groups in total. The number of nitrogens with two attached hydrogens (primary N) is 1. The van der Waals surface area contributed by atoms with Gasteiger partial charge in [0.2, 0.25) is 0 Å². The van der Waals surface area contributed by atoms with Gasteiger partial charge in [-0.25, -0.2) is 4.98 Å². The Kier molecular flexibility index (Phi) is 4.76. The van der Waals surface area contributed by atoms with Crippen LogP contribution in [0.5, 0.6) is 11.5 Å². The lowest BCUT2D eigenvalue weighted by Gasteiger charge is -2.16. The molecular formula is C21H19N3O2. The summed E-state index contributed by atoms with van der Waals surface area (Å²) in [5.41, 5.74) is 10.6. The number of hydrogen-bond acceptors (Lipinski definition) is 5. The minimum Gasteiger partial charge on any atom is -0.497 e. The molecule has 0 aliphatic carbocycles. The molecule has 5 heteroatoms. The van der Waals surface area contributed by atoms with E-state index in [9.17, 15) is 5.26 Å². The van der Waals surface area contributed by atoms with E-state index in [1.807, 2.05) is 55.5 Å². The van der Waals surface area contributed by atoms with Gasteiger partial charge in [-0.1, -0.05) is 24.3 Å². The van der Waals surface area contributed by atoms with Crippen molar-refractivity contribution >= 4 is 5.82 Å². The molecule has 1 aromatic heterocycles. The Bertz CT molecular complexity index is 972. The summed E-state index contributed by atoms with van der Waals surface area (Å²) >= 11 is 0. The number of methoxy groups -OCH3 is 2. The van der Waals surface area contributed by atoms with Crippen LogP contribution in [0.1, 0.15) is 11.3 Å². The fourth-order valence-electron chi connectivity index (χ4n) is 3.00. The fourth-order valence-corrected chi connectivity index (χ4v) is 3.00. The highest BCUT2D eigenvalue weighted by molar-refractivity contribution is 5.91. The van der Waals surface area contributed by atoms with Crippen molar-refractivity contribution in [3.63, 3.8) is 0 Å². The third-order valence-electron chi connectivity index (χ3n) is 4.28. The summed E-state index contributed by atoms with van der Waals surface area (Å²) in [4.78, 5) is 4.38. The van der Waals surface area contributed by atoms with Crippen molar-refractivity contribution < 1.29 is 9.47 Å². The zero-order valence-corrected chi connectivity index (χ0v) is 14.9. The van der Waals surface area contributed by atoms with Crippen LogP contribution in [0.3, 0.4) is 0 Å². The van der Waals surface area contributed by atoms with Gasteiger partial charge in [0.05, 0.1) is 14.2 Å². The number of aryl methyl sites for hydroxylation is 1. The van der Waals surface area contributed by atoms with Crippen LogP contribution in [0.2, 0.25) is 0 Å². The summed E-state index contributed by atoms with van der Waals surface area (Å²) < 4.78 is 10.5. The molecule has 3 rings (SSSR count). The van der Waals surface area contributed by atoms with Crippen LogP contribution in [0.25, 0.3) is 22.3 Å². The average molecular weight is 345 g/mol. The van der Waals surface area contributed by atoms with Crippen LogP contribution in [0, 0.1) is 18.3 Å². The minimum absolute atomic E-state index is 0.230.